The van der Waals surface area contributed by atoms with E-state index in [9.17, 15) is 0 Å². The summed E-state index contributed by atoms with van der Waals surface area (Å²) < 4.78 is 0. The fourth-order valence-corrected chi connectivity index (χ4v) is 2.89. The van der Waals surface area contributed by atoms with E-state index in [0.717, 1.165) is 13.0 Å². The van der Waals surface area contributed by atoms with Crippen molar-refractivity contribution in [3.63, 3.8) is 0 Å². The van der Waals surface area contributed by atoms with Crippen LogP contribution in [0.15, 0.2) is 0 Å². The van der Waals surface area contributed by atoms with Gasteiger partial charge in [-0.15, -0.1) is 11.8 Å². The van der Waals surface area contributed by atoms with Crippen molar-refractivity contribution in [2.45, 2.75) is 71.8 Å². The van der Waals surface area contributed by atoms with Crippen molar-refractivity contribution in [3.05, 3.63) is 0 Å². The van der Waals surface area contributed by atoms with Crippen LogP contribution in [0.3, 0.4) is 0 Å². The molecule has 1 atom stereocenters. The summed E-state index contributed by atoms with van der Waals surface area (Å²) in [5.74, 6) is 6.21. The maximum atomic E-state index is 3.74. The largest absolute Gasteiger partial charge is 0.313 e. The first kappa shape index (κ1) is 13.6. The lowest BCUT2D eigenvalue weighted by molar-refractivity contribution is 0.212. The number of rotatable bonds is 6. The Labute approximate surface area is 101 Å². The molecule has 1 saturated carbocycles. The van der Waals surface area contributed by atoms with Gasteiger partial charge in [0, 0.05) is 12.5 Å². The molecular weight excluding hydrogens is 194 g/mol. The van der Waals surface area contributed by atoms with Gasteiger partial charge in [0.15, 0.2) is 0 Å². The van der Waals surface area contributed by atoms with E-state index in [2.05, 4.69) is 31.0 Å². The second-order valence-corrected chi connectivity index (χ2v) is 5.33. The van der Waals surface area contributed by atoms with E-state index in [1.807, 2.05) is 6.92 Å². The highest BCUT2D eigenvalue weighted by molar-refractivity contribution is 4.98. The number of hydrogen-bond acceptors (Lipinski definition) is 1. The van der Waals surface area contributed by atoms with Crippen molar-refractivity contribution in [3.8, 4) is 11.8 Å². The van der Waals surface area contributed by atoms with Gasteiger partial charge < -0.3 is 5.32 Å². The maximum Gasteiger partial charge on any atom is 0.0130 e. The van der Waals surface area contributed by atoms with Gasteiger partial charge in [0.2, 0.25) is 0 Å². The highest BCUT2D eigenvalue weighted by atomic mass is 14.9. The van der Waals surface area contributed by atoms with Gasteiger partial charge in [-0.25, -0.2) is 0 Å². The second-order valence-electron chi connectivity index (χ2n) is 5.33. The average Bonchev–Trinajstić information content (AvgIpc) is 2.71. The lowest BCUT2D eigenvalue weighted by Crippen LogP contribution is -2.42. The Morgan fingerprint density at radius 3 is 2.56 bits per heavy atom. The smallest absolute Gasteiger partial charge is 0.0130 e. The lowest BCUT2D eigenvalue weighted by atomic mass is 9.78. The SMILES string of the molecule is CC#CCCC(NCCC)C1(C)CCCC1. The van der Waals surface area contributed by atoms with E-state index >= 15 is 0 Å². The van der Waals surface area contributed by atoms with Crippen LogP contribution in [0.5, 0.6) is 0 Å². The summed E-state index contributed by atoms with van der Waals surface area (Å²) in [4.78, 5) is 0. The van der Waals surface area contributed by atoms with E-state index in [1.54, 1.807) is 0 Å². The van der Waals surface area contributed by atoms with Crippen molar-refractivity contribution >= 4 is 0 Å². The van der Waals surface area contributed by atoms with Gasteiger partial charge in [0.25, 0.3) is 0 Å². The van der Waals surface area contributed by atoms with Crippen molar-refractivity contribution in [1.82, 2.24) is 5.32 Å². The summed E-state index contributed by atoms with van der Waals surface area (Å²) in [5.41, 5.74) is 0.532. The van der Waals surface area contributed by atoms with Crippen molar-refractivity contribution < 1.29 is 0 Å². The van der Waals surface area contributed by atoms with Crippen LogP contribution in [0.1, 0.15) is 65.7 Å². The zero-order valence-corrected chi connectivity index (χ0v) is 11.2. The zero-order chi connectivity index (χ0) is 11.9. The second kappa shape index (κ2) is 6.97. The molecule has 1 heteroatoms. The van der Waals surface area contributed by atoms with Crippen LogP contribution in [0.4, 0.5) is 0 Å². The first-order valence-corrected chi connectivity index (χ1v) is 6.86. The molecule has 92 valence electrons. The van der Waals surface area contributed by atoms with Crippen molar-refractivity contribution in [1.29, 1.82) is 0 Å². The fraction of sp³-hybridized carbons (Fsp3) is 0.867. The van der Waals surface area contributed by atoms with Gasteiger partial charge in [0.1, 0.15) is 0 Å². The Bertz CT molecular complexity index is 240. The Hall–Kier alpha value is -0.480. The van der Waals surface area contributed by atoms with Crippen LogP contribution in [0, 0.1) is 17.3 Å². The first-order chi connectivity index (χ1) is 7.73. The predicted molar refractivity (Wildman–Crippen MR) is 71.3 cm³/mol. The summed E-state index contributed by atoms with van der Waals surface area (Å²) in [5, 5.41) is 3.74. The predicted octanol–water partition coefficient (Wildman–Crippen LogP) is 3.74. The maximum absolute atomic E-state index is 3.74. The molecule has 0 aromatic carbocycles. The number of hydrogen-bond donors (Lipinski definition) is 1. The molecule has 0 spiro atoms. The summed E-state index contributed by atoms with van der Waals surface area (Å²) in [7, 11) is 0. The van der Waals surface area contributed by atoms with E-state index in [0.29, 0.717) is 11.5 Å². The Morgan fingerprint density at radius 2 is 2.00 bits per heavy atom. The standard InChI is InChI=1S/C15H27N/c1-4-6-7-10-14(16-13-5-2)15(3)11-8-9-12-15/h14,16H,5,7-13H2,1-3H3. The lowest BCUT2D eigenvalue weighted by Gasteiger charge is -2.35. The molecule has 1 N–H and O–H groups in total. The van der Waals surface area contributed by atoms with E-state index in [-0.39, 0.29) is 0 Å². The Kier molecular flexibility index (Phi) is 5.91. The molecule has 0 amide bonds. The molecule has 0 aromatic heterocycles. The van der Waals surface area contributed by atoms with Crippen LogP contribution in [-0.2, 0) is 0 Å². The Morgan fingerprint density at radius 1 is 1.31 bits per heavy atom. The van der Waals surface area contributed by atoms with Crippen LogP contribution >= 0.6 is 0 Å². The molecule has 0 heterocycles. The molecule has 0 bridgehead atoms. The van der Waals surface area contributed by atoms with Crippen LogP contribution in [0.2, 0.25) is 0 Å². The molecule has 0 aliphatic heterocycles. The summed E-state index contributed by atoms with van der Waals surface area (Å²) in [6.07, 6.45) is 9.12. The third-order valence-corrected chi connectivity index (χ3v) is 3.96. The normalized spacial score (nSPS) is 20.2. The first-order valence-electron chi connectivity index (χ1n) is 6.86. The van der Waals surface area contributed by atoms with Crippen LogP contribution in [-0.4, -0.2) is 12.6 Å². The average molecular weight is 221 g/mol. The van der Waals surface area contributed by atoms with Crippen molar-refractivity contribution in [2.75, 3.05) is 6.54 Å². The van der Waals surface area contributed by atoms with E-state index in [1.165, 1.54) is 38.5 Å². The van der Waals surface area contributed by atoms with Crippen LogP contribution < -0.4 is 5.32 Å². The number of nitrogens with one attached hydrogen (secondary N) is 1. The molecule has 0 aromatic rings. The summed E-state index contributed by atoms with van der Waals surface area (Å²) >= 11 is 0. The molecule has 1 fully saturated rings. The van der Waals surface area contributed by atoms with Crippen LogP contribution in [0.25, 0.3) is 0 Å². The molecule has 1 aliphatic rings. The minimum absolute atomic E-state index is 0.532. The van der Waals surface area contributed by atoms with E-state index < -0.39 is 0 Å². The monoisotopic (exact) mass is 221 g/mol. The minimum Gasteiger partial charge on any atom is -0.313 e. The fourth-order valence-electron chi connectivity index (χ4n) is 2.89. The van der Waals surface area contributed by atoms with Gasteiger partial charge in [-0.05, 0) is 44.6 Å². The Balaban J connectivity index is 2.49. The van der Waals surface area contributed by atoms with Gasteiger partial charge in [-0.1, -0.05) is 26.7 Å². The summed E-state index contributed by atoms with van der Waals surface area (Å²) in [6.45, 7) is 7.80. The molecule has 0 saturated heterocycles. The quantitative estimate of drug-likeness (QED) is 0.674. The highest BCUT2D eigenvalue weighted by Crippen LogP contribution is 2.41. The molecular formula is C15H27N. The molecule has 1 aliphatic carbocycles. The molecule has 16 heavy (non-hydrogen) atoms. The third kappa shape index (κ3) is 3.83. The van der Waals surface area contributed by atoms with Gasteiger partial charge in [-0.3, -0.25) is 0 Å². The van der Waals surface area contributed by atoms with Gasteiger partial charge in [-0.2, -0.15) is 0 Å². The minimum atomic E-state index is 0.532. The topological polar surface area (TPSA) is 12.0 Å². The zero-order valence-electron chi connectivity index (χ0n) is 11.2. The highest BCUT2D eigenvalue weighted by Gasteiger charge is 2.35. The molecule has 1 nitrogen and oxygen atoms in total. The molecule has 1 unspecified atom stereocenters. The van der Waals surface area contributed by atoms with Gasteiger partial charge >= 0.3 is 0 Å². The molecule has 0 radical (unpaired) electrons. The van der Waals surface area contributed by atoms with Gasteiger partial charge in [0.05, 0.1) is 0 Å². The van der Waals surface area contributed by atoms with E-state index in [4.69, 9.17) is 0 Å². The summed E-state index contributed by atoms with van der Waals surface area (Å²) in [6, 6.07) is 0.677. The third-order valence-electron chi connectivity index (χ3n) is 3.96. The molecule has 1 rings (SSSR count). The van der Waals surface area contributed by atoms with Crippen molar-refractivity contribution in [2.24, 2.45) is 5.41 Å².